The molecule has 0 bridgehead atoms. The lowest BCUT2D eigenvalue weighted by atomic mass is 10.1. The van der Waals surface area contributed by atoms with Gasteiger partial charge in [0, 0.05) is 12.3 Å². The Morgan fingerprint density at radius 3 is 2.75 bits per heavy atom. The highest BCUT2D eigenvalue weighted by molar-refractivity contribution is 5.34. The summed E-state index contributed by atoms with van der Waals surface area (Å²) in [5.41, 5.74) is 0.986. The highest BCUT2D eigenvalue weighted by atomic mass is 16.5. The Bertz CT molecular complexity index is 587. The van der Waals surface area contributed by atoms with Crippen LogP contribution in [-0.2, 0) is 6.42 Å². The third-order valence-electron chi connectivity index (χ3n) is 4.06. The molecule has 1 heterocycles. The maximum absolute atomic E-state index is 10.3. The lowest BCUT2D eigenvalue weighted by molar-refractivity contribution is 0.147. The molecule has 2 aromatic rings. The van der Waals surface area contributed by atoms with Crippen LogP contribution < -0.4 is 4.74 Å². The molecule has 0 spiro atoms. The van der Waals surface area contributed by atoms with Crippen molar-refractivity contribution in [2.75, 3.05) is 7.11 Å². The molecule has 0 amide bonds. The van der Waals surface area contributed by atoms with Crippen LogP contribution in [0.5, 0.6) is 5.75 Å². The number of aliphatic hydroxyl groups is 1. The first-order valence-electron chi connectivity index (χ1n) is 7.08. The number of ether oxygens (including phenoxy) is 1. The summed E-state index contributed by atoms with van der Waals surface area (Å²) < 4.78 is 11.1. The molecule has 0 aliphatic heterocycles. The van der Waals surface area contributed by atoms with Gasteiger partial charge >= 0.3 is 0 Å². The first kappa shape index (κ1) is 13.3. The first-order valence-corrected chi connectivity index (χ1v) is 7.08. The van der Waals surface area contributed by atoms with E-state index in [2.05, 4.69) is 6.92 Å². The van der Waals surface area contributed by atoms with Crippen molar-refractivity contribution in [1.82, 2.24) is 0 Å². The largest absolute Gasteiger partial charge is 0.496 e. The van der Waals surface area contributed by atoms with Crippen molar-refractivity contribution >= 4 is 0 Å². The summed E-state index contributed by atoms with van der Waals surface area (Å²) in [6.45, 7) is 2.22. The topological polar surface area (TPSA) is 42.6 Å². The van der Waals surface area contributed by atoms with Gasteiger partial charge < -0.3 is 14.3 Å². The van der Waals surface area contributed by atoms with Crippen molar-refractivity contribution in [3.05, 3.63) is 53.5 Å². The van der Waals surface area contributed by atoms with Gasteiger partial charge in [-0.3, -0.25) is 0 Å². The van der Waals surface area contributed by atoms with Crippen LogP contribution in [0.25, 0.3) is 0 Å². The summed E-state index contributed by atoms with van der Waals surface area (Å²) in [7, 11) is 1.64. The molecule has 1 aromatic carbocycles. The number of rotatable bonds is 5. The second kappa shape index (κ2) is 5.33. The molecule has 20 heavy (non-hydrogen) atoms. The van der Waals surface area contributed by atoms with Crippen LogP contribution in [0.1, 0.15) is 42.5 Å². The van der Waals surface area contributed by atoms with E-state index in [9.17, 15) is 5.11 Å². The highest BCUT2D eigenvalue weighted by Gasteiger charge is 2.36. The fourth-order valence-corrected chi connectivity index (χ4v) is 2.65. The zero-order chi connectivity index (χ0) is 14.1. The van der Waals surface area contributed by atoms with E-state index < -0.39 is 6.10 Å². The molecule has 1 fully saturated rings. The van der Waals surface area contributed by atoms with Crippen LogP contribution in [0.3, 0.4) is 0 Å². The van der Waals surface area contributed by atoms with Gasteiger partial charge in [0.2, 0.25) is 0 Å². The molecule has 0 radical (unpaired) electrons. The van der Waals surface area contributed by atoms with Crippen molar-refractivity contribution in [1.29, 1.82) is 0 Å². The van der Waals surface area contributed by atoms with E-state index >= 15 is 0 Å². The monoisotopic (exact) mass is 272 g/mol. The molecular weight excluding hydrogens is 252 g/mol. The van der Waals surface area contributed by atoms with Crippen LogP contribution in [-0.4, -0.2) is 12.2 Å². The van der Waals surface area contributed by atoms with Crippen molar-refractivity contribution < 1.29 is 14.3 Å². The maximum atomic E-state index is 10.3. The number of para-hydroxylation sites is 1. The summed E-state index contributed by atoms with van der Waals surface area (Å²) in [5.74, 6) is 3.70. The number of hydrogen-bond acceptors (Lipinski definition) is 3. The Morgan fingerprint density at radius 2 is 2.05 bits per heavy atom. The zero-order valence-corrected chi connectivity index (χ0v) is 11.9. The van der Waals surface area contributed by atoms with Gasteiger partial charge in [-0.1, -0.05) is 25.1 Å². The number of aliphatic hydroxyl groups excluding tert-OH is 1. The van der Waals surface area contributed by atoms with Gasteiger partial charge in [-0.05, 0) is 36.1 Å². The Labute approximate surface area is 119 Å². The second-order valence-corrected chi connectivity index (χ2v) is 5.59. The maximum Gasteiger partial charge on any atom is 0.133 e. The Balaban J connectivity index is 1.72. The zero-order valence-electron chi connectivity index (χ0n) is 11.9. The molecule has 1 aliphatic carbocycles. The third-order valence-corrected chi connectivity index (χ3v) is 4.06. The predicted octanol–water partition coefficient (Wildman–Crippen LogP) is 3.69. The van der Waals surface area contributed by atoms with E-state index in [0.29, 0.717) is 24.0 Å². The van der Waals surface area contributed by atoms with Crippen LogP contribution in [0.15, 0.2) is 40.8 Å². The third kappa shape index (κ3) is 2.59. The minimum atomic E-state index is -0.630. The smallest absolute Gasteiger partial charge is 0.133 e. The SMILES string of the molecule is COc1ccccc1CC(O)c1ccc(C2CC2C)o1. The van der Waals surface area contributed by atoms with Crippen molar-refractivity contribution in [2.24, 2.45) is 5.92 Å². The molecule has 1 aromatic heterocycles. The molecule has 3 heteroatoms. The molecule has 0 saturated heterocycles. The minimum Gasteiger partial charge on any atom is -0.496 e. The molecule has 3 atom stereocenters. The van der Waals surface area contributed by atoms with E-state index in [1.807, 2.05) is 36.4 Å². The predicted molar refractivity (Wildman–Crippen MR) is 76.9 cm³/mol. The van der Waals surface area contributed by atoms with Crippen LogP contribution >= 0.6 is 0 Å². The second-order valence-electron chi connectivity index (χ2n) is 5.59. The number of benzene rings is 1. The summed E-state index contributed by atoms with van der Waals surface area (Å²) in [5, 5.41) is 10.3. The van der Waals surface area contributed by atoms with Crippen LogP contribution in [0, 0.1) is 5.92 Å². The molecule has 3 rings (SSSR count). The normalized spacial score (nSPS) is 22.6. The standard InChI is InChI=1S/C17H20O3/c1-11-9-13(11)16-7-8-17(20-16)14(18)10-12-5-3-4-6-15(12)19-2/h3-8,11,13-14,18H,9-10H2,1-2H3. The Hall–Kier alpha value is -1.74. The van der Waals surface area contributed by atoms with Gasteiger partial charge in [-0.2, -0.15) is 0 Å². The summed E-state index contributed by atoms with van der Waals surface area (Å²) in [6, 6.07) is 11.6. The van der Waals surface area contributed by atoms with Crippen LogP contribution in [0.2, 0.25) is 0 Å². The van der Waals surface area contributed by atoms with Gasteiger partial charge in [0.1, 0.15) is 23.4 Å². The van der Waals surface area contributed by atoms with Crippen molar-refractivity contribution in [3.8, 4) is 5.75 Å². The lowest BCUT2D eigenvalue weighted by Crippen LogP contribution is -2.02. The molecule has 106 valence electrons. The molecule has 1 saturated carbocycles. The van der Waals surface area contributed by atoms with Gasteiger partial charge in [0.15, 0.2) is 0 Å². The average Bonchev–Trinajstić information content (AvgIpc) is 3.00. The minimum absolute atomic E-state index is 0.497. The highest BCUT2D eigenvalue weighted by Crippen LogP contribution is 2.47. The molecule has 3 nitrogen and oxygen atoms in total. The summed E-state index contributed by atoms with van der Waals surface area (Å²) in [4.78, 5) is 0. The molecule has 1 aliphatic rings. The van der Waals surface area contributed by atoms with Gasteiger partial charge in [-0.25, -0.2) is 0 Å². The number of methoxy groups -OCH3 is 1. The molecular formula is C17H20O3. The molecule has 1 N–H and O–H groups in total. The van der Waals surface area contributed by atoms with E-state index in [4.69, 9.17) is 9.15 Å². The first-order chi connectivity index (χ1) is 9.69. The lowest BCUT2D eigenvalue weighted by Gasteiger charge is -2.11. The number of hydrogen-bond donors (Lipinski definition) is 1. The molecule has 3 unspecified atom stereocenters. The quantitative estimate of drug-likeness (QED) is 0.902. The Morgan fingerprint density at radius 1 is 1.30 bits per heavy atom. The van der Waals surface area contributed by atoms with Crippen LogP contribution in [0.4, 0.5) is 0 Å². The summed E-state index contributed by atoms with van der Waals surface area (Å²) >= 11 is 0. The van der Waals surface area contributed by atoms with E-state index in [1.165, 1.54) is 6.42 Å². The summed E-state index contributed by atoms with van der Waals surface area (Å²) in [6.07, 6.45) is 1.06. The van der Waals surface area contributed by atoms with Crippen molar-refractivity contribution in [3.63, 3.8) is 0 Å². The van der Waals surface area contributed by atoms with Crippen molar-refractivity contribution in [2.45, 2.75) is 31.8 Å². The average molecular weight is 272 g/mol. The fourth-order valence-electron chi connectivity index (χ4n) is 2.65. The number of furan rings is 1. The Kier molecular flexibility index (Phi) is 3.53. The van der Waals surface area contributed by atoms with Gasteiger partial charge in [0.05, 0.1) is 7.11 Å². The van der Waals surface area contributed by atoms with E-state index in [1.54, 1.807) is 7.11 Å². The fraction of sp³-hybridized carbons (Fsp3) is 0.412. The van der Waals surface area contributed by atoms with Gasteiger partial charge in [0.25, 0.3) is 0 Å². The van der Waals surface area contributed by atoms with E-state index in [-0.39, 0.29) is 0 Å². The van der Waals surface area contributed by atoms with Gasteiger partial charge in [-0.15, -0.1) is 0 Å². The van der Waals surface area contributed by atoms with E-state index in [0.717, 1.165) is 17.1 Å².